The molecule has 0 aliphatic rings. The molecule has 0 aliphatic carbocycles. The molecule has 0 aromatic carbocycles. The van der Waals surface area contributed by atoms with Gasteiger partial charge in [-0.2, -0.15) is 0 Å². The maximum atomic E-state index is 4.37. The molecule has 0 N–H and O–H groups in total. The molecule has 2 aromatic heterocycles. The fourth-order valence-corrected chi connectivity index (χ4v) is 2.36. The average molecular weight is 299 g/mol. The van der Waals surface area contributed by atoms with Gasteiger partial charge in [0.25, 0.3) is 0 Å². The van der Waals surface area contributed by atoms with E-state index in [0.717, 1.165) is 28.5 Å². The van der Waals surface area contributed by atoms with E-state index in [1.807, 2.05) is 30.9 Å². The summed E-state index contributed by atoms with van der Waals surface area (Å²) in [5.41, 5.74) is 2.89. The van der Waals surface area contributed by atoms with Crippen LogP contribution < -0.4 is 4.90 Å². The highest BCUT2D eigenvalue weighted by Crippen LogP contribution is 2.17. The molecule has 0 radical (unpaired) electrons. The van der Waals surface area contributed by atoms with Gasteiger partial charge in [-0.3, -0.25) is 0 Å². The van der Waals surface area contributed by atoms with E-state index in [4.69, 9.17) is 0 Å². The van der Waals surface area contributed by atoms with E-state index in [2.05, 4.69) is 35.8 Å². The second kappa shape index (κ2) is 4.88. The Hall–Kier alpha value is -1.01. The Labute approximate surface area is 107 Å². The first-order valence-electron chi connectivity index (χ1n) is 4.74. The van der Waals surface area contributed by atoms with Crippen molar-refractivity contribution in [1.82, 2.24) is 15.0 Å². The van der Waals surface area contributed by atoms with Crippen LogP contribution in [0, 0.1) is 6.92 Å². The smallest absolute Gasteiger partial charge is 0.133 e. The molecule has 4 nitrogen and oxygen atoms in total. The summed E-state index contributed by atoms with van der Waals surface area (Å²) < 4.78 is 0.806. The summed E-state index contributed by atoms with van der Waals surface area (Å²) in [5, 5.41) is 2.04. The molecule has 16 heavy (non-hydrogen) atoms. The molecule has 0 unspecified atom stereocenters. The minimum absolute atomic E-state index is 0.756. The summed E-state index contributed by atoms with van der Waals surface area (Å²) in [6.07, 6.45) is 0. The molecular formula is C10H11BrN4S. The van der Waals surface area contributed by atoms with Crippen molar-refractivity contribution in [3.8, 4) is 0 Å². The van der Waals surface area contributed by atoms with Gasteiger partial charge in [-0.25, -0.2) is 15.0 Å². The number of rotatable bonds is 3. The van der Waals surface area contributed by atoms with Crippen molar-refractivity contribution in [3.05, 3.63) is 33.1 Å². The fraction of sp³-hybridized carbons (Fsp3) is 0.300. The van der Waals surface area contributed by atoms with Crippen molar-refractivity contribution in [1.29, 1.82) is 0 Å². The number of hydrogen-bond donors (Lipinski definition) is 0. The average Bonchev–Trinajstić information content (AvgIpc) is 2.68. The predicted octanol–water partition coefficient (Wildman–Crippen LogP) is 2.64. The number of hydrogen-bond acceptors (Lipinski definition) is 5. The Morgan fingerprint density at radius 3 is 2.88 bits per heavy atom. The fourth-order valence-electron chi connectivity index (χ4n) is 1.35. The van der Waals surface area contributed by atoms with E-state index in [-0.39, 0.29) is 0 Å². The van der Waals surface area contributed by atoms with Gasteiger partial charge in [0.05, 0.1) is 17.7 Å². The van der Waals surface area contributed by atoms with Crippen molar-refractivity contribution in [3.63, 3.8) is 0 Å². The van der Waals surface area contributed by atoms with Crippen LogP contribution in [0.4, 0.5) is 5.82 Å². The van der Waals surface area contributed by atoms with E-state index in [1.54, 1.807) is 11.3 Å². The molecule has 0 amide bonds. The highest BCUT2D eigenvalue weighted by atomic mass is 79.9. The van der Waals surface area contributed by atoms with Gasteiger partial charge in [-0.1, -0.05) is 0 Å². The van der Waals surface area contributed by atoms with E-state index in [1.165, 1.54) is 0 Å². The molecular weight excluding hydrogens is 288 g/mol. The molecule has 6 heteroatoms. The lowest BCUT2D eigenvalue weighted by atomic mass is 10.4. The van der Waals surface area contributed by atoms with Crippen LogP contribution in [-0.2, 0) is 6.54 Å². The van der Waals surface area contributed by atoms with Gasteiger partial charge in [-0.05, 0) is 22.9 Å². The second-order valence-electron chi connectivity index (χ2n) is 3.43. The van der Waals surface area contributed by atoms with Crippen molar-refractivity contribution < 1.29 is 0 Å². The zero-order valence-corrected chi connectivity index (χ0v) is 11.4. The molecule has 0 saturated heterocycles. The number of thiazole rings is 1. The summed E-state index contributed by atoms with van der Waals surface area (Å²) in [7, 11) is 1.99. The van der Waals surface area contributed by atoms with Gasteiger partial charge < -0.3 is 4.90 Å². The Morgan fingerprint density at radius 2 is 2.25 bits per heavy atom. The standard InChI is InChI=1S/C10H11BrN4S/c1-7-13-9(11)3-10(14-7)15(2)4-8-5-16-6-12-8/h3,5-6H,4H2,1-2H3. The van der Waals surface area contributed by atoms with Gasteiger partial charge in [0.15, 0.2) is 0 Å². The topological polar surface area (TPSA) is 41.9 Å². The molecule has 2 aromatic rings. The lowest BCUT2D eigenvalue weighted by Gasteiger charge is -2.17. The van der Waals surface area contributed by atoms with E-state index < -0.39 is 0 Å². The highest BCUT2D eigenvalue weighted by molar-refractivity contribution is 9.10. The first kappa shape index (κ1) is 11.5. The normalized spacial score (nSPS) is 10.4. The molecule has 84 valence electrons. The van der Waals surface area contributed by atoms with Crippen LogP contribution in [-0.4, -0.2) is 22.0 Å². The van der Waals surface area contributed by atoms with Crippen molar-refractivity contribution in [2.24, 2.45) is 0 Å². The quantitative estimate of drug-likeness (QED) is 0.817. The monoisotopic (exact) mass is 298 g/mol. The molecule has 2 heterocycles. The van der Waals surface area contributed by atoms with Gasteiger partial charge in [0.1, 0.15) is 16.2 Å². The number of halogens is 1. The largest absolute Gasteiger partial charge is 0.354 e. The van der Waals surface area contributed by atoms with Gasteiger partial charge in [0.2, 0.25) is 0 Å². The lowest BCUT2D eigenvalue weighted by Crippen LogP contribution is -2.18. The third-order valence-corrected chi connectivity index (χ3v) is 3.11. The number of anilines is 1. The van der Waals surface area contributed by atoms with Crippen LogP contribution in [0.5, 0.6) is 0 Å². The first-order chi connectivity index (χ1) is 7.65. The van der Waals surface area contributed by atoms with Crippen molar-refractivity contribution in [2.45, 2.75) is 13.5 Å². The summed E-state index contributed by atoms with van der Waals surface area (Å²) in [4.78, 5) is 14.9. The van der Waals surface area contributed by atoms with Crippen LogP contribution in [0.15, 0.2) is 21.6 Å². The minimum Gasteiger partial charge on any atom is -0.354 e. The lowest BCUT2D eigenvalue weighted by molar-refractivity contribution is 0.857. The number of nitrogens with zero attached hydrogens (tertiary/aromatic N) is 4. The highest BCUT2D eigenvalue weighted by Gasteiger charge is 2.07. The molecule has 2 rings (SSSR count). The molecule has 0 saturated carbocycles. The van der Waals surface area contributed by atoms with E-state index >= 15 is 0 Å². The van der Waals surface area contributed by atoms with Crippen LogP contribution in [0.2, 0.25) is 0 Å². The number of aromatic nitrogens is 3. The Bertz CT molecular complexity index is 451. The van der Waals surface area contributed by atoms with E-state index in [9.17, 15) is 0 Å². The Morgan fingerprint density at radius 1 is 1.44 bits per heavy atom. The summed E-state index contributed by atoms with van der Waals surface area (Å²) in [6, 6.07) is 1.90. The van der Waals surface area contributed by atoms with E-state index in [0.29, 0.717) is 0 Å². The zero-order valence-electron chi connectivity index (χ0n) is 9.01. The molecule has 0 fully saturated rings. The maximum absolute atomic E-state index is 4.37. The van der Waals surface area contributed by atoms with Crippen LogP contribution >= 0.6 is 27.3 Å². The van der Waals surface area contributed by atoms with Gasteiger partial charge in [0, 0.05) is 18.5 Å². The predicted molar refractivity (Wildman–Crippen MR) is 68.7 cm³/mol. The molecule has 0 aliphatic heterocycles. The SMILES string of the molecule is Cc1nc(Br)cc(N(C)Cc2cscn2)n1. The van der Waals surface area contributed by atoms with Crippen LogP contribution in [0.1, 0.15) is 11.5 Å². The maximum Gasteiger partial charge on any atom is 0.133 e. The molecule has 0 spiro atoms. The third kappa shape index (κ3) is 2.76. The summed E-state index contributed by atoms with van der Waals surface area (Å²) in [5.74, 6) is 1.65. The second-order valence-corrected chi connectivity index (χ2v) is 4.96. The summed E-state index contributed by atoms with van der Waals surface area (Å²) in [6.45, 7) is 2.64. The van der Waals surface area contributed by atoms with Crippen LogP contribution in [0.25, 0.3) is 0 Å². The molecule has 0 atom stereocenters. The third-order valence-electron chi connectivity index (χ3n) is 2.07. The van der Waals surface area contributed by atoms with Gasteiger partial charge >= 0.3 is 0 Å². The minimum atomic E-state index is 0.756. The molecule has 0 bridgehead atoms. The summed E-state index contributed by atoms with van der Waals surface area (Å²) >= 11 is 4.97. The van der Waals surface area contributed by atoms with Crippen LogP contribution in [0.3, 0.4) is 0 Å². The first-order valence-corrected chi connectivity index (χ1v) is 6.48. The van der Waals surface area contributed by atoms with Crippen molar-refractivity contribution >= 4 is 33.1 Å². The Balaban J connectivity index is 2.17. The number of aryl methyl sites for hydroxylation is 1. The van der Waals surface area contributed by atoms with Crippen molar-refractivity contribution in [2.75, 3.05) is 11.9 Å². The zero-order chi connectivity index (χ0) is 11.5. The van der Waals surface area contributed by atoms with Gasteiger partial charge in [-0.15, -0.1) is 11.3 Å². The Kier molecular flexibility index (Phi) is 3.50.